The number of aromatic nitrogens is 2. The van der Waals surface area contributed by atoms with Crippen LogP contribution in [0, 0.1) is 0 Å². The Morgan fingerprint density at radius 2 is 2.03 bits per heavy atom. The van der Waals surface area contributed by atoms with Crippen molar-refractivity contribution in [2.24, 2.45) is 0 Å². The first-order valence-electron chi connectivity index (χ1n) is 10.7. The van der Waals surface area contributed by atoms with E-state index in [1.165, 1.54) is 18.6 Å². The third kappa shape index (κ3) is 6.64. The number of aliphatic hydroxyl groups is 1. The lowest BCUT2D eigenvalue weighted by molar-refractivity contribution is 0.0722. The van der Waals surface area contributed by atoms with Crippen LogP contribution in [0.5, 0.6) is 11.5 Å². The molecule has 0 aliphatic carbocycles. The van der Waals surface area contributed by atoms with Gasteiger partial charge in [0.2, 0.25) is 0 Å². The van der Waals surface area contributed by atoms with Gasteiger partial charge in [-0.1, -0.05) is 23.7 Å². The molecule has 1 aromatic heterocycles. The van der Waals surface area contributed by atoms with Crippen molar-refractivity contribution in [3.63, 3.8) is 0 Å². The molecule has 172 valence electrons. The minimum absolute atomic E-state index is 0.0660. The average Bonchev–Trinajstić information content (AvgIpc) is 3.27. The molecule has 3 aromatic rings. The Morgan fingerprint density at radius 3 is 2.82 bits per heavy atom. The molecule has 2 N–H and O–H groups in total. The molecular formula is C24H25ClN4O4. The molecule has 1 fully saturated rings. The van der Waals surface area contributed by atoms with E-state index in [-0.39, 0.29) is 24.3 Å². The number of hydrogen-bond donors (Lipinski definition) is 2. The lowest BCUT2D eigenvalue weighted by Crippen LogP contribution is -2.35. The van der Waals surface area contributed by atoms with Crippen LogP contribution >= 0.6 is 11.6 Å². The number of likely N-dealkylation sites (tertiary alicyclic amines) is 1. The van der Waals surface area contributed by atoms with Gasteiger partial charge in [-0.15, -0.1) is 0 Å². The number of nitrogens with zero attached hydrogens (tertiary/aromatic N) is 3. The van der Waals surface area contributed by atoms with Crippen LogP contribution in [0.25, 0.3) is 0 Å². The Hall–Kier alpha value is -3.20. The van der Waals surface area contributed by atoms with Crippen LogP contribution < -0.4 is 14.8 Å². The Balaban J connectivity index is 1.25. The van der Waals surface area contributed by atoms with Gasteiger partial charge < -0.3 is 19.9 Å². The summed E-state index contributed by atoms with van der Waals surface area (Å²) in [7, 11) is 0. The molecule has 2 heterocycles. The van der Waals surface area contributed by atoms with Crippen LogP contribution in [0.15, 0.2) is 67.1 Å². The van der Waals surface area contributed by atoms with E-state index in [4.69, 9.17) is 21.1 Å². The summed E-state index contributed by atoms with van der Waals surface area (Å²) < 4.78 is 11.8. The molecular weight excluding hydrogens is 444 g/mol. The fourth-order valence-corrected chi connectivity index (χ4v) is 3.73. The molecule has 8 nitrogen and oxygen atoms in total. The van der Waals surface area contributed by atoms with Crippen molar-refractivity contribution in [1.29, 1.82) is 0 Å². The van der Waals surface area contributed by atoms with Gasteiger partial charge in [-0.05, 0) is 42.8 Å². The second kappa shape index (κ2) is 11.1. The standard InChI is InChI=1S/C24H25ClN4O4/c25-17-5-7-19(8-6-17)33-20-9-12-29(15-20)14-18(30)16-32-23-4-2-1-3-21(23)28-24(31)22-13-26-10-11-27-22/h1-8,10-11,13,18,20,30H,9,12,14-16H2,(H,28,31). The number of ether oxygens (including phenoxy) is 2. The predicted octanol–water partition coefficient (Wildman–Crippen LogP) is 3.28. The monoisotopic (exact) mass is 468 g/mol. The number of nitrogens with one attached hydrogen (secondary N) is 1. The van der Waals surface area contributed by atoms with Gasteiger partial charge in [-0.3, -0.25) is 14.7 Å². The maximum absolute atomic E-state index is 12.4. The molecule has 9 heteroatoms. The van der Waals surface area contributed by atoms with E-state index >= 15 is 0 Å². The number of rotatable bonds is 9. The number of aliphatic hydroxyl groups excluding tert-OH is 1. The van der Waals surface area contributed by atoms with Gasteiger partial charge in [0.1, 0.15) is 36.0 Å². The lowest BCUT2D eigenvalue weighted by Gasteiger charge is -2.21. The normalized spacial score (nSPS) is 16.8. The van der Waals surface area contributed by atoms with Crippen molar-refractivity contribution < 1.29 is 19.4 Å². The van der Waals surface area contributed by atoms with Gasteiger partial charge in [-0.25, -0.2) is 4.98 Å². The number of benzene rings is 2. The molecule has 1 aliphatic heterocycles. The molecule has 2 aromatic carbocycles. The SMILES string of the molecule is O=C(Nc1ccccc1OCC(O)CN1CCC(Oc2ccc(Cl)cc2)C1)c1cnccn1. The third-order valence-corrected chi connectivity index (χ3v) is 5.43. The summed E-state index contributed by atoms with van der Waals surface area (Å²) in [4.78, 5) is 22.4. The molecule has 1 amide bonds. The minimum Gasteiger partial charge on any atom is -0.489 e. The highest BCUT2D eigenvalue weighted by atomic mass is 35.5. The van der Waals surface area contributed by atoms with Crippen LogP contribution in [0.1, 0.15) is 16.9 Å². The largest absolute Gasteiger partial charge is 0.489 e. The fraction of sp³-hybridized carbons (Fsp3) is 0.292. The number of hydrogen-bond acceptors (Lipinski definition) is 7. The van der Waals surface area contributed by atoms with E-state index in [1.54, 1.807) is 36.4 Å². The van der Waals surface area contributed by atoms with Crippen LogP contribution in [-0.4, -0.2) is 64.3 Å². The van der Waals surface area contributed by atoms with Crippen molar-refractivity contribution in [2.45, 2.75) is 18.6 Å². The lowest BCUT2D eigenvalue weighted by atomic mass is 10.2. The molecule has 1 aliphatic rings. The Kier molecular flexibility index (Phi) is 7.72. The van der Waals surface area contributed by atoms with Crippen LogP contribution in [0.4, 0.5) is 5.69 Å². The van der Waals surface area contributed by atoms with Gasteiger partial charge in [-0.2, -0.15) is 0 Å². The van der Waals surface area contributed by atoms with E-state index in [0.29, 0.717) is 23.0 Å². The number of anilines is 1. The van der Waals surface area contributed by atoms with Gasteiger partial charge in [0, 0.05) is 37.1 Å². The summed E-state index contributed by atoms with van der Waals surface area (Å²) in [5, 5.41) is 13.9. The Bertz CT molecular complexity index is 1050. The number of carbonyl (C=O) groups is 1. The minimum atomic E-state index is -0.692. The summed E-state index contributed by atoms with van der Waals surface area (Å²) in [5.74, 6) is 0.873. The Morgan fingerprint density at radius 1 is 1.21 bits per heavy atom. The molecule has 2 unspecified atom stereocenters. The molecule has 1 saturated heterocycles. The fourth-order valence-electron chi connectivity index (χ4n) is 3.60. The second-order valence-electron chi connectivity index (χ2n) is 7.75. The number of carbonyl (C=O) groups excluding carboxylic acids is 1. The Labute approximate surface area is 197 Å². The number of amides is 1. The highest BCUT2D eigenvalue weighted by Gasteiger charge is 2.26. The van der Waals surface area contributed by atoms with Crippen LogP contribution in [0.3, 0.4) is 0 Å². The zero-order valence-corrected chi connectivity index (χ0v) is 18.7. The topological polar surface area (TPSA) is 96.8 Å². The van der Waals surface area contributed by atoms with Gasteiger partial charge in [0.05, 0.1) is 11.9 Å². The highest BCUT2D eigenvalue weighted by Crippen LogP contribution is 2.25. The molecule has 0 saturated carbocycles. The van der Waals surface area contributed by atoms with Crippen molar-refractivity contribution in [3.05, 3.63) is 77.8 Å². The van der Waals surface area contributed by atoms with E-state index in [1.807, 2.05) is 12.1 Å². The van der Waals surface area contributed by atoms with Gasteiger partial charge in [0.25, 0.3) is 5.91 Å². The predicted molar refractivity (Wildman–Crippen MR) is 125 cm³/mol. The van der Waals surface area contributed by atoms with Crippen LogP contribution in [-0.2, 0) is 0 Å². The van der Waals surface area contributed by atoms with Crippen molar-refractivity contribution >= 4 is 23.2 Å². The molecule has 0 bridgehead atoms. The summed E-state index contributed by atoms with van der Waals surface area (Å²) in [5.41, 5.74) is 0.703. The van der Waals surface area contributed by atoms with E-state index in [2.05, 4.69) is 20.2 Å². The second-order valence-corrected chi connectivity index (χ2v) is 8.18. The summed E-state index contributed by atoms with van der Waals surface area (Å²) in [6, 6.07) is 14.4. The van der Waals surface area contributed by atoms with Gasteiger partial charge in [0.15, 0.2) is 0 Å². The number of β-amino-alcohol motifs (C(OH)–C–C–N with tert-alkyl or cyclic N) is 1. The van der Waals surface area contributed by atoms with Crippen LogP contribution in [0.2, 0.25) is 5.02 Å². The maximum atomic E-state index is 12.4. The van der Waals surface area contributed by atoms with E-state index in [0.717, 1.165) is 25.3 Å². The summed E-state index contributed by atoms with van der Waals surface area (Å²) in [6.45, 7) is 2.12. The maximum Gasteiger partial charge on any atom is 0.275 e. The van der Waals surface area contributed by atoms with E-state index in [9.17, 15) is 9.90 Å². The number of para-hydroxylation sites is 2. The molecule has 33 heavy (non-hydrogen) atoms. The van der Waals surface area contributed by atoms with Crippen molar-refractivity contribution in [2.75, 3.05) is 31.6 Å². The molecule has 0 spiro atoms. The molecule has 2 atom stereocenters. The zero-order chi connectivity index (χ0) is 23.0. The highest BCUT2D eigenvalue weighted by molar-refractivity contribution is 6.30. The van der Waals surface area contributed by atoms with Crippen molar-refractivity contribution in [1.82, 2.24) is 14.9 Å². The number of halogens is 1. The van der Waals surface area contributed by atoms with E-state index < -0.39 is 6.10 Å². The zero-order valence-electron chi connectivity index (χ0n) is 17.9. The molecule has 0 radical (unpaired) electrons. The van der Waals surface area contributed by atoms with Gasteiger partial charge >= 0.3 is 0 Å². The summed E-state index contributed by atoms with van der Waals surface area (Å²) >= 11 is 5.92. The third-order valence-electron chi connectivity index (χ3n) is 5.18. The first kappa shape index (κ1) is 23.0. The first-order valence-corrected chi connectivity index (χ1v) is 11.1. The summed E-state index contributed by atoms with van der Waals surface area (Å²) in [6.07, 6.45) is 4.61. The van der Waals surface area contributed by atoms with Crippen molar-refractivity contribution in [3.8, 4) is 11.5 Å². The smallest absolute Gasteiger partial charge is 0.275 e. The first-order chi connectivity index (χ1) is 16.1. The quantitative estimate of drug-likeness (QED) is 0.497. The molecule has 4 rings (SSSR count). The average molecular weight is 469 g/mol.